The molecule has 0 aliphatic rings. The van der Waals surface area contributed by atoms with Crippen molar-refractivity contribution < 1.29 is 0 Å². The summed E-state index contributed by atoms with van der Waals surface area (Å²) in [5.74, 6) is 0. The number of unbranched alkanes of at least 4 members (excludes halogenated alkanes) is 1. The van der Waals surface area contributed by atoms with Gasteiger partial charge >= 0.3 is 0 Å². The quantitative estimate of drug-likeness (QED) is 0.359. The van der Waals surface area contributed by atoms with Gasteiger partial charge in [0.15, 0.2) is 5.11 Å². The molecule has 3 nitrogen and oxygen atoms in total. The van der Waals surface area contributed by atoms with Crippen LogP contribution in [0.1, 0.15) is 24.6 Å². The fraction of sp³-hybridized carbons (Fsp3) is 0.400. The van der Waals surface area contributed by atoms with Gasteiger partial charge in [-0.3, -0.25) is 5.43 Å². The van der Waals surface area contributed by atoms with Crippen LogP contribution >= 0.6 is 23.6 Å². The third-order valence-corrected chi connectivity index (χ3v) is 2.76. The maximum absolute atomic E-state index is 5.03. The van der Waals surface area contributed by atoms with E-state index < -0.39 is 0 Å². The lowest BCUT2D eigenvalue weighted by molar-refractivity contribution is 0.745. The van der Waals surface area contributed by atoms with Crippen LogP contribution in [0.2, 0.25) is 0 Å². The van der Waals surface area contributed by atoms with Crippen molar-refractivity contribution >= 4 is 34.9 Å². The average molecular weight is 241 g/mol. The molecule has 0 aliphatic heterocycles. The highest BCUT2D eigenvalue weighted by molar-refractivity contribution is 7.80. The summed E-state index contributed by atoms with van der Waals surface area (Å²) in [6.07, 6.45) is 4.04. The minimum absolute atomic E-state index is 0.580. The van der Waals surface area contributed by atoms with Crippen molar-refractivity contribution in [3.63, 3.8) is 0 Å². The van der Waals surface area contributed by atoms with E-state index in [1.165, 1.54) is 0 Å². The fourth-order valence-electron chi connectivity index (χ4n) is 0.937. The van der Waals surface area contributed by atoms with Gasteiger partial charge in [0.05, 0.1) is 6.21 Å². The monoisotopic (exact) mass is 241 g/mol. The van der Waals surface area contributed by atoms with Crippen LogP contribution in [0.3, 0.4) is 0 Å². The smallest absolute Gasteiger partial charge is 0.186 e. The third-order valence-electron chi connectivity index (χ3n) is 1.72. The Hall–Kier alpha value is -0.940. The molecule has 0 saturated carbocycles. The van der Waals surface area contributed by atoms with Crippen LogP contribution in [0.15, 0.2) is 22.6 Å². The number of thiocarbonyl (C=S) groups is 1. The summed E-state index contributed by atoms with van der Waals surface area (Å²) in [6, 6.07) is 3.99. The van der Waals surface area contributed by atoms with Gasteiger partial charge in [0, 0.05) is 11.4 Å². The second kappa shape index (κ2) is 7.36. The minimum Gasteiger partial charge on any atom is -0.361 e. The first-order chi connectivity index (χ1) is 7.33. The SMILES string of the molecule is CCCCNC(=S)N/N=C\c1cccs1. The summed E-state index contributed by atoms with van der Waals surface area (Å²) in [6.45, 7) is 3.05. The zero-order valence-corrected chi connectivity index (χ0v) is 10.3. The van der Waals surface area contributed by atoms with Crippen LogP contribution in [0.4, 0.5) is 0 Å². The number of nitrogens with zero attached hydrogens (tertiary/aromatic N) is 1. The molecular weight excluding hydrogens is 226 g/mol. The fourth-order valence-corrected chi connectivity index (χ4v) is 1.68. The molecule has 0 aliphatic carbocycles. The second-order valence-corrected chi connectivity index (χ2v) is 4.38. The van der Waals surface area contributed by atoms with E-state index in [9.17, 15) is 0 Å². The van der Waals surface area contributed by atoms with Crippen LogP contribution in [-0.2, 0) is 0 Å². The molecule has 0 atom stereocenters. The molecule has 0 unspecified atom stereocenters. The van der Waals surface area contributed by atoms with Gasteiger partial charge in [-0.15, -0.1) is 11.3 Å². The van der Waals surface area contributed by atoms with Crippen molar-refractivity contribution in [3.05, 3.63) is 22.4 Å². The zero-order valence-electron chi connectivity index (χ0n) is 8.69. The molecule has 1 heterocycles. The molecule has 0 bridgehead atoms. The molecular formula is C10H15N3S2. The average Bonchev–Trinajstić information content (AvgIpc) is 2.71. The van der Waals surface area contributed by atoms with E-state index in [0.717, 1.165) is 24.3 Å². The van der Waals surface area contributed by atoms with Gasteiger partial charge < -0.3 is 5.32 Å². The summed E-state index contributed by atoms with van der Waals surface area (Å²) in [4.78, 5) is 1.11. The molecule has 0 spiro atoms. The number of nitrogens with one attached hydrogen (secondary N) is 2. The summed E-state index contributed by atoms with van der Waals surface area (Å²) in [5, 5.41) is 9.69. The van der Waals surface area contributed by atoms with E-state index in [-0.39, 0.29) is 0 Å². The Morgan fingerprint density at radius 1 is 1.67 bits per heavy atom. The summed E-state index contributed by atoms with van der Waals surface area (Å²) < 4.78 is 0. The summed E-state index contributed by atoms with van der Waals surface area (Å²) in [7, 11) is 0. The van der Waals surface area contributed by atoms with E-state index in [4.69, 9.17) is 12.2 Å². The maximum Gasteiger partial charge on any atom is 0.186 e. The van der Waals surface area contributed by atoms with Crippen molar-refractivity contribution in [1.82, 2.24) is 10.7 Å². The third kappa shape index (κ3) is 5.49. The molecule has 82 valence electrons. The lowest BCUT2D eigenvalue weighted by Crippen LogP contribution is -2.32. The standard InChI is InChI=1S/C10H15N3S2/c1-2-3-6-11-10(14)13-12-8-9-5-4-7-15-9/h4-5,7-8H,2-3,6H2,1H3,(H2,11,13,14)/b12-8-. The van der Waals surface area contributed by atoms with Gasteiger partial charge in [-0.25, -0.2) is 0 Å². The molecule has 0 amide bonds. The molecule has 2 N–H and O–H groups in total. The van der Waals surface area contributed by atoms with Crippen LogP contribution in [-0.4, -0.2) is 17.9 Å². The largest absolute Gasteiger partial charge is 0.361 e. The van der Waals surface area contributed by atoms with Gasteiger partial charge in [-0.2, -0.15) is 5.10 Å². The Morgan fingerprint density at radius 3 is 3.20 bits per heavy atom. The molecule has 1 aromatic rings. The highest BCUT2D eigenvalue weighted by atomic mass is 32.1. The van der Waals surface area contributed by atoms with E-state index in [1.807, 2.05) is 17.5 Å². The first kappa shape index (κ1) is 12.1. The van der Waals surface area contributed by atoms with Crippen molar-refractivity contribution in [2.45, 2.75) is 19.8 Å². The predicted molar refractivity (Wildman–Crippen MR) is 70.6 cm³/mol. The van der Waals surface area contributed by atoms with Gasteiger partial charge in [0.2, 0.25) is 0 Å². The molecule has 0 saturated heterocycles. The van der Waals surface area contributed by atoms with Crippen LogP contribution in [0.5, 0.6) is 0 Å². The van der Waals surface area contributed by atoms with Crippen molar-refractivity contribution in [3.8, 4) is 0 Å². The Bertz CT molecular complexity index is 306. The minimum atomic E-state index is 0.580. The van der Waals surface area contributed by atoms with Crippen LogP contribution in [0, 0.1) is 0 Å². The molecule has 1 aromatic heterocycles. The highest BCUT2D eigenvalue weighted by Gasteiger charge is 1.91. The molecule has 1 rings (SSSR count). The van der Waals surface area contributed by atoms with Crippen LogP contribution < -0.4 is 10.7 Å². The Kier molecular flexibility index (Phi) is 5.96. The van der Waals surface area contributed by atoms with E-state index in [0.29, 0.717) is 5.11 Å². The molecule has 0 fully saturated rings. The lowest BCUT2D eigenvalue weighted by atomic mass is 10.3. The maximum atomic E-state index is 5.03. The van der Waals surface area contributed by atoms with Gasteiger partial charge in [0.1, 0.15) is 0 Å². The van der Waals surface area contributed by atoms with Crippen LogP contribution in [0.25, 0.3) is 0 Å². The van der Waals surface area contributed by atoms with Gasteiger partial charge in [0.25, 0.3) is 0 Å². The van der Waals surface area contributed by atoms with Crippen molar-refractivity contribution in [2.75, 3.05) is 6.54 Å². The number of hydrazone groups is 1. The Labute approximate surface area is 99.6 Å². The van der Waals surface area contributed by atoms with Crippen molar-refractivity contribution in [1.29, 1.82) is 0 Å². The second-order valence-electron chi connectivity index (χ2n) is 2.99. The van der Waals surface area contributed by atoms with Gasteiger partial charge in [-0.1, -0.05) is 19.4 Å². The summed E-state index contributed by atoms with van der Waals surface area (Å²) >= 11 is 6.67. The Balaban J connectivity index is 2.16. The normalized spacial score (nSPS) is 10.5. The van der Waals surface area contributed by atoms with E-state index in [1.54, 1.807) is 17.6 Å². The molecule has 5 heteroatoms. The highest BCUT2D eigenvalue weighted by Crippen LogP contribution is 2.03. The zero-order chi connectivity index (χ0) is 10.9. The van der Waals surface area contributed by atoms with Crippen molar-refractivity contribution in [2.24, 2.45) is 5.10 Å². The topological polar surface area (TPSA) is 36.4 Å². The molecule has 0 aromatic carbocycles. The van der Waals surface area contributed by atoms with E-state index in [2.05, 4.69) is 22.8 Å². The predicted octanol–water partition coefficient (Wildman–Crippen LogP) is 2.35. The summed E-state index contributed by atoms with van der Waals surface area (Å²) in [5.41, 5.74) is 2.78. The van der Waals surface area contributed by atoms with E-state index >= 15 is 0 Å². The number of rotatable bonds is 5. The number of hydrogen-bond acceptors (Lipinski definition) is 3. The molecule has 15 heavy (non-hydrogen) atoms. The number of hydrogen-bond donors (Lipinski definition) is 2. The lowest BCUT2D eigenvalue weighted by Gasteiger charge is -2.04. The Morgan fingerprint density at radius 2 is 2.53 bits per heavy atom. The first-order valence-corrected chi connectivity index (χ1v) is 6.22. The van der Waals surface area contributed by atoms with Gasteiger partial charge in [-0.05, 0) is 30.1 Å². The molecule has 0 radical (unpaired) electrons. The first-order valence-electron chi connectivity index (χ1n) is 4.93. The number of thiophene rings is 1.